The van der Waals surface area contributed by atoms with Crippen LogP contribution in [0.15, 0.2) is 48.5 Å². The lowest BCUT2D eigenvalue weighted by molar-refractivity contribution is 0.0945. The van der Waals surface area contributed by atoms with Crippen molar-refractivity contribution in [3.8, 4) is 11.4 Å². The predicted octanol–water partition coefficient (Wildman–Crippen LogP) is 3.10. The molecule has 2 aromatic carbocycles. The molecule has 3 aromatic rings. The van der Waals surface area contributed by atoms with E-state index in [1.807, 2.05) is 50.5 Å². The Balaban J connectivity index is 1.58. The minimum absolute atomic E-state index is 0.276. The second-order valence-electron chi connectivity index (χ2n) is 6.88. The number of rotatable bonds is 8. The quantitative estimate of drug-likeness (QED) is 0.614. The van der Waals surface area contributed by atoms with Crippen molar-refractivity contribution in [2.45, 2.75) is 13.5 Å². The van der Waals surface area contributed by atoms with Crippen molar-refractivity contribution in [3.63, 3.8) is 0 Å². The zero-order valence-electron chi connectivity index (χ0n) is 16.7. The lowest BCUT2D eigenvalue weighted by atomic mass is 10.2. The molecule has 0 spiro atoms. The molecule has 3 rings (SSSR count). The van der Waals surface area contributed by atoms with Gasteiger partial charge in [-0.1, -0.05) is 29.8 Å². The summed E-state index contributed by atoms with van der Waals surface area (Å²) in [5.41, 5.74) is 2.50. The van der Waals surface area contributed by atoms with Crippen molar-refractivity contribution in [2.75, 3.05) is 27.2 Å². The fraction of sp³-hybridized carbons (Fsp3) is 0.286. The summed E-state index contributed by atoms with van der Waals surface area (Å²) in [6, 6.07) is 14.8. The molecule has 0 fully saturated rings. The number of likely N-dealkylation sites (N-methyl/N-ethyl adjacent to an activating group) is 1. The number of nitrogens with one attached hydrogen (secondary N) is 1. The molecule has 0 saturated carbocycles. The molecule has 0 aliphatic heterocycles. The average molecular weight is 414 g/mol. The first-order chi connectivity index (χ1) is 13.9. The fourth-order valence-electron chi connectivity index (χ4n) is 2.62. The molecule has 1 aromatic heterocycles. The molecule has 152 valence electrons. The molecule has 8 heteroatoms. The van der Waals surface area contributed by atoms with E-state index in [1.165, 1.54) is 4.80 Å². The molecule has 0 saturated heterocycles. The summed E-state index contributed by atoms with van der Waals surface area (Å²) in [6.07, 6.45) is 0. The molecule has 0 aliphatic rings. The number of ether oxygens (including phenoxy) is 1. The largest absolute Gasteiger partial charge is 0.492 e. The van der Waals surface area contributed by atoms with Crippen LogP contribution in [0.2, 0.25) is 5.02 Å². The van der Waals surface area contributed by atoms with E-state index in [0.29, 0.717) is 29.6 Å². The Morgan fingerprint density at radius 3 is 2.62 bits per heavy atom. The number of hydrogen-bond donors (Lipinski definition) is 1. The van der Waals surface area contributed by atoms with E-state index in [0.717, 1.165) is 17.9 Å². The summed E-state index contributed by atoms with van der Waals surface area (Å²) in [7, 11) is 4.01. The van der Waals surface area contributed by atoms with Crippen molar-refractivity contribution in [1.82, 2.24) is 25.2 Å². The van der Waals surface area contributed by atoms with E-state index >= 15 is 0 Å². The van der Waals surface area contributed by atoms with E-state index in [-0.39, 0.29) is 11.6 Å². The van der Waals surface area contributed by atoms with E-state index in [9.17, 15) is 4.79 Å². The molecule has 7 nitrogen and oxygen atoms in total. The zero-order valence-corrected chi connectivity index (χ0v) is 17.5. The number of aryl methyl sites for hydroxylation is 1. The Hall–Kier alpha value is -2.90. The predicted molar refractivity (Wildman–Crippen MR) is 113 cm³/mol. The Morgan fingerprint density at radius 2 is 1.93 bits per heavy atom. The van der Waals surface area contributed by atoms with Gasteiger partial charge in [0, 0.05) is 18.1 Å². The maximum absolute atomic E-state index is 12.5. The smallest absolute Gasteiger partial charge is 0.274 e. The van der Waals surface area contributed by atoms with Crippen LogP contribution in [-0.4, -0.2) is 53.0 Å². The van der Waals surface area contributed by atoms with Crippen LogP contribution in [0.1, 0.15) is 21.7 Å². The van der Waals surface area contributed by atoms with Gasteiger partial charge in [-0.15, -0.1) is 5.10 Å². The number of nitrogens with zero attached hydrogens (tertiary/aromatic N) is 4. The Morgan fingerprint density at radius 1 is 1.17 bits per heavy atom. The number of halogens is 1. The summed E-state index contributed by atoms with van der Waals surface area (Å²) in [4.78, 5) is 16.0. The van der Waals surface area contributed by atoms with Gasteiger partial charge in [0.25, 0.3) is 5.91 Å². The van der Waals surface area contributed by atoms with Crippen molar-refractivity contribution < 1.29 is 9.53 Å². The summed E-state index contributed by atoms with van der Waals surface area (Å²) < 4.78 is 5.68. The maximum Gasteiger partial charge on any atom is 0.274 e. The van der Waals surface area contributed by atoms with Gasteiger partial charge < -0.3 is 15.0 Å². The topological polar surface area (TPSA) is 72.3 Å². The van der Waals surface area contributed by atoms with Crippen molar-refractivity contribution in [1.29, 1.82) is 0 Å². The van der Waals surface area contributed by atoms with Crippen LogP contribution in [-0.2, 0) is 6.54 Å². The highest BCUT2D eigenvalue weighted by Gasteiger charge is 2.16. The van der Waals surface area contributed by atoms with E-state index in [2.05, 4.69) is 20.4 Å². The van der Waals surface area contributed by atoms with Crippen molar-refractivity contribution >= 4 is 17.5 Å². The average Bonchev–Trinajstić information content (AvgIpc) is 3.09. The first-order valence-corrected chi connectivity index (χ1v) is 9.65. The van der Waals surface area contributed by atoms with Crippen molar-refractivity contribution in [2.24, 2.45) is 0 Å². The second kappa shape index (κ2) is 9.54. The van der Waals surface area contributed by atoms with Crippen LogP contribution < -0.4 is 10.1 Å². The van der Waals surface area contributed by atoms with Crippen LogP contribution in [0.3, 0.4) is 0 Å². The van der Waals surface area contributed by atoms with E-state index in [4.69, 9.17) is 16.3 Å². The lowest BCUT2D eigenvalue weighted by Crippen LogP contribution is -2.24. The lowest BCUT2D eigenvalue weighted by Gasteiger charge is -2.11. The van der Waals surface area contributed by atoms with Gasteiger partial charge in [0.2, 0.25) is 0 Å². The highest BCUT2D eigenvalue weighted by molar-refractivity contribution is 6.30. The first-order valence-electron chi connectivity index (χ1n) is 9.27. The molecule has 0 unspecified atom stereocenters. The SMILES string of the molecule is Cc1nn(-c2cccc(Cl)c2)nc1C(=O)NCc1ccc(OCCN(C)C)cc1. The second-order valence-corrected chi connectivity index (χ2v) is 7.32. The highest BCUT2D eigenvalue weighted by atomic mass is 35.5. The van der Waals surface area contributed by atoms with Crippen LogP contribution in [0.4, 0.5) is 0 Å². The number of aromatic nitrogens is 3. The van der Waals surface area contributed by atoms with Gasteiger partial charge in [-0.25, -0.2) is 0 Å². The number of carbonyl (C=O) groups is 1. The molecule has 1 N–H and O–H groups in total. The third-order valence-corrected chi connectivity index (χ3v) is 4.46. The first kappa shape index (κ1) is 20.8. The molecule has 1 amide bonds. The molecule has 0 aliphatic carbocycles. The molecule has 29 heavy (non-hydrogen) atoms. The number of benzene rings is 2. The third-order valence-electron chi connectivity index (χ3n) is 4.22. The minimum atomic E-state index is -0.276. The summed E-state index contributed by atoms with van der Waals surface area (Å²) in [6.45, 7) is 3.63. The van der Waals surface area contributed by atoms with Crippen molar-refractivity contribution in [3.05, 3.63) is 70.5 Å². The summed E-state index contributed by atoms with van der Waals surface area (Å²) in [5.74, 6) is 0.532. The number of amides is 1. The Labute approximate surface area is 175 Å². The number of carbonyl (C=O) groups excluding carboxylic acids is 1. The maximum atomic E-state index is 12.5. The van der Waals surface area contributed by atoms with Crippen LogP contribution in [0, 0.1) is 6.92 Å². The molecule has 0 bridgehead atoms. The zero-order chi connectivity index (χ0) is 20.8. The normalized spacial score (nSPS) is 10.9. The van der Waals surface area contributed by atoms with Gasteiger partial charge in [0.15, 0.2) is 5.69 Å². The molecular weight excluding hydrogens is 390 g/mol. The van der Waals surface area contributed by atoms with Crippen LogP contribution in [0.5, 0.6) is 5.75 Å². The van der Waals surface area contributed by atoms with Gasteiger partial charge in [-0.05, 0) is 56.9 Å². The van der Waals surface area contributed by atoms with Gasteiger partial charge >= 0.3 is 0 Å². The number of hydrogen-bond acceptors (Lipinski definition) is 5. The highest BCUT2D eigenvalue weighted by Crippen LogP contribution is 2.15. The van der Waals surface area contributed by atoms with Crippen LogP contribution in [0.25, 0.3) is 5.69 Å². The van der Waals surface area contributed by atoms with Crippen LogP contribution >= 0.6 is 11.6 Å². The summed E-state index contributed by atoms with van der Waals surface area (Å²) in [5, 5.41) is 12.1. The molecule has 0 radical (unpaired) electrons. The molecule has 0 atom stereocenters. The minimum Gasteiger partial charge on any atom is -0.492 e. The van der Waals surface area contributed by atoms with Gasteiger partial charge in [0.1, 0.15) is 12.4 Å². The van der Waals surface area contributed by atoms with E-state index < -0.39 is 0 Å². The Kier molecular flexibility index (Phi) is 6.85. The van der Waals surface area contributed by atoms with Gasteiger partial charge in [-0.2, -0.15) is 9.90 Å². The molecular formula is C21H24ClN5O2. The van der Waals surface area contributed by atoms with Gasteiger partial charge in [0.05, 0.1) is 11.4 Å². The summed E-state index contributed by atoms with van der Waals surface area (Å²) >= 11 is 6.02. The fourth-order valence-corrected chi connectivity index (χ4v) is 2.80. The monoisotopic (exact) mass is 413 g/mol. The molecule has 1 heterocycles. The van der Waals surface area contributed by atoms with E-state index in [1.54, 1.807) is 19.1 Å². The third kappa shape index (κ3) is 5.79. The standard InChI is InChI=1S/C21H24ClN5O2/c1-15-20(25-27(24-15)18-6-4-5-17(22)13-18)21(28)23-14-16-7-9-19(10-8-16)29-12-11-26(2)3/h4-10,13H,11-12,14H2,1-3H3,(H,23,28). The van der Waals surface area contributed by atoms with Gasteiger partial charge in [-0.3, -0.25) is 4.79 Å². The Bertz CT molecular complexity index is 969.